The van der Waals surface area contributed by atoms with Gasteiger partial charge in [-0.25, -0.2) is 9.69 Å². The number of hydrogen-bond acceptors (Lipinski definition) is 7. The van der Waals surface area contributed by atoms with Crippen LogP contribution in [0.15, 0.2) is 0 Å². The summed E-state index contributed by atoms with van der Waals surface area (Å²) in [6, 6.07) is 0. The van der Waals surface area contributed by atoms with Crippen LogP contribution in [0.5, 0.6) is 0 Å². The van der Waals surface area contributed by atoms with Crippen molar-refractivity contribution in [2.75, 3.05) is 0 Å². The first-order valence-corrected chi connectivity index (χ1v) is 8.54. The molecule has 148 valence electrons. The van der Waals surface area contributed by atoms with Gasteiger partial charge in [0.1, 0.15) is 11.2 Å². The first-order chi connectivity index (χ1) is 11.4. The Labute approximate surface area is 154 Å². The Hall–Kier alpha value is -1.96. The number of amides is 2. The molecule has 2 atom stereocenters. The largest absolute Gasteiger partial charge is 0.459 e. The van der Waals surface area contributed by atoms with E-state index in [-0.39, 0.29) is 0 Å². The molecule has 1 heterocycles. The Balaban J connectivity index is 3.48. The predicted molar refractivity (Wildman–Crippen MR) is 93.8 cm³/mol. The summed E-state index contributed by atoms with van der Waals surface area (Å²) in [4.78, 5) is 52.0. The normalized spacial score (nSPS) is 27.1. The van der Waals surface area contributed by atoms with Crippen LogP contribution in [0.3, 0.4) is 0 Å². The average Bonchev–Trinajstić information content (AvgIpc) is 2.55. The van der Waals surface area contributed by atoms with Crippen LogP contribution in [0.25, 0.3) is 0 Å². The van der Waals surface area contributed by atoms with Gasteiger partial charge in [0.15, 0.2) is 11.4 Å². The van der Waals surface area contributed by atoms with Gasteiger partial charge in [0.2, 0.25) is 5.41 Å². The van der Waals surface area contributed by atoms with E-state index in [4.69, 9.17) is 15.2 Å². The summed E-state index contributed by atoms with van der Waals surface area (Å²) in [6.45, 7) is 14.0. The molecule has 1 aliphatic heterocycles. The third-order valence-electron chi connectivity index (χ3n) is 4.08. The molecule has 1 aliphatic rings. The summed E-state index contributed by atoms with van der Waals surface area (Å²) in [6.07, 6.45) is -1.07. The van der Waals surface area contributed by atoms with E-state index in [0.29, 0.717) is 4.90 Å². The van der Waals surface area contributed by atoms with Crippen LogP contribution in [0.1, 0.15) is 62.3 Å². The zero-order chi connectivity index (χ0) is 20.9. The van der Waals surface area contributed by atoms with Gasteiger partial charge in [-0.2, -0.15) is 0 Å². The summed E-state index contributed by atoms with van der Waals surface area (Å²) in [5.74, 6) is -3.61. The van der Waals surface area contributed by atoms with E-state index >= 15 is 0 Å². The van der Waals surface area contributed by atoms with Crippen LogP contribution in [-0.2, 0) is 23.9 Å². The molecule has 1 fully saturated rings. The number of carbonyl (C=O) groups is 4. The van der Waals surface area contributed by atoms with Crippen molar-refractivity contribution in [1.82, 2.24) is 4.90 Å². The highest BCUT2D eigenvalue weighted by molar-refractivity contribution is 6.31. The zero-order valence-corrected chi connectivity index (χ0v) is 17.1. The maximum absolute atomic E-state index is 13.1. The van der Waals surface area contributed by atoms with E-state index in [2.05, 4.69) is 0 Å². The smallest absolute Gasteiger partial charge is 0.419 e. The molecule has 0 aromatic heterocycles. The quantitative estimate of drug-likeness (QED) is 0.583. The average molecular weight is 370 g/mol. The molecule has 0 bridgehead atoms. The highest BCUT2D eigenvalue weighted by Crippen LogP contribution is 2.42. The first kappa shape index (κ1) is 22.1. The molecule has 0 aromatic carbocycles. The molecule has 26 heavy (non-hydrogen) atoms. The van der Waals surface area contributed by atoms with Gasteiger partial charge in [-0.3, -0.25) is 14.4 Å². The van der Waals surface area contributed by atoms with Gasteiger partial charge < -0.3 is 15.2 Å². The van der Waals surface area contributed by atoms with Crippen LogP contribution < -0.4 is 5.73 Å². The highest BCUT2D eigenvalue weighted by atomic mass is 16.6. The lowest BCUT2D eigenvalue weighted by Gasteiger charge is -2.35. The molecular weight excluding hydrogens is 340 g/mol. The lowest BCUT2D eigenvalue weighted by Crippen LogP contribution is -2.63. The summed E-state index contributed by atoms with van der Waals surface area (Å²) >= 11 is 0. The Morgan fingerprint density at radius 3 is 1.77 bits per heavy atom. The summed E-state index contributed by atoms with van der Waals surface area (Å²) in [5.41, 5.74) is 0.161. The molecular formula is C18H30N2O6. The van der Waals surface area contributed by atoms with Gasteiger partial charge in [0.25, 0.3) is 5.91 Å². The molecule has 0 spiro atoms. The lowest BCUT2D eigenvalue weighted by atomic mass is 9.80. The number of nitrogens with zero attached hydrogens (tertiary/aromatic N) is 1. The van der Waals surface area contributed by atoms with Gasteiger partial charge in [0, 0.05) is 0 Å². The van der Waals surface area contributed by atoms with E-state index in [0.717, 1.165) is 6.92 Å². The molecule has 0 aromatic rings. The molecule has 2 amide bonds. The van der Waals surface area contributed by atoms with E-state index in [1.54, 1.807) is 55.4 Å². The van der Waals surface area contributed by atoms with E-state index in [1.165, 1.54) is 0 Å². The molecule has 1 rings (SSSR count). The Morgan fingerprint density at radius 2 is 1.42 bits per heavy atom. The number of carbonyl (C=O) groups excluding carboxylic acids is 4. The number of ether oxygens (including phenoxy) is 2. The SMILES string of the molecule is CC(C)[C@]1(N)C(=O)[C@@](C)(C(=O)OC(C)(C)C)C(=O)N1C(=O)OC(C)(C)C. The number of rotatable bonds is 2. The molecule has 0 saturated carbocycles. The van der Waals surface area contributed by atoms with Gasteiger partial charge in [0.05, 0.1) is 0 Å². The minimum Gasteiger partial charge on any atom is -0.459 e. The molecule has 2 N–H and O–H groups in total. The van der Waals surface area contributed by atoms with Crippen molar-refractivity contribution in [1.29, 1.82) is 0 Å². The Bertz CT molecular complexity index is 643. The molecule has 0 unspecified atom stereocenters. The van der Waals surface area contributed by atoms with Crippen molar-refractivity contribution in [2.24, 2.45) is 17.1 Å². The molecule has 8 heteroatoms. The monoisotopic (exact) mass is 370 g/mol. The standard InChI is InChI=1S/C18H30N2O6/c1-10(2)18(19)11(21)17(9,13(23)25-15(3,4)5)12(22)20(18)14(24)26-16(6,7)8/h10H,19H2,1-9H3/t17-,18-/m1/s1. The number of esters is 1. The second-order valence-electron chi connectivity index (χ2n) is 9.06. The topological polar surface area (TPSA) is 116 Å². The van der Waals surface area contributed by atoms with Crippen LogP contribution >= 0.6 is 0 Å². The number of ketones is 1. The number of Topliss-reactive ketones (excluding diaryl/α,β-unsaturated/α-hetero) is 1. The van der Waals surface area contributed by atoms with Gasteiger partial charge in [-0.15, -0.1) is 0 Å². The predicted octanol–water partition coefficient (Wildman–Crippen LogP) is 1.99. The van der Waals surface area contributed by atoms with Crippen molar-refractivity contribution in [2.45, 2.75) is 79.2 Å². The van der Waals surface area contributed by atoms with Crippen LogP contribution in [0.4, 0.5) is 4.79 Å². The number of imide groups is 1. The number of hydrogen-bond donors (Lipinski definition) is 1. The van der Waals surface area contributed by atoms with Crippen LogP contribution in [-0.4, -0.2) is 45.5 Å². The van der Waals surface area contributed by atoms with E-state index < -0.39 is 52.0 Å². The molecule has 0 radical (unpaired) electrons. The van der Waals surface area contributed by atoms with Crippen molar-refractivity contribution in [3.8, 4) is 0 Å². The minimum absolute atomic E-state index is 0.565. The van der Waals surface area contributed by atoms with E-state index in [1.807, 2.05) is 0 Å². The van der Waals surface area contributed by atoms with Crippen molar-refractivity contribution in [3.05, 3.63) is 0 Å². The van der Waals surface area contributed by atoms with Gasteiger partial charge in [-0.1, -0.05) is 13.8 Å². The van der Waals surface area contributed by atoms with Crippen LogP contribution in [0, 0.1) is 11.3 Å². The fourth-order valence-corrected chi connectivity index (χ4v) is 2.61. The van der Waals surface area contributed by atoms with Crippen molar-refractivity contribution < 1.29 is 28.7 Å². The maximum Gasteiger partial charge on any atom is 0.419 e. The fraction of sp³-hybridized carbons (Fsp3) is 0.778. The first-order valence-electron chi connectivity index (χ1n) is 8.54. The number of nitrogens with two attached hydrogens (primary N) is 1. The third kappa shape index (κ3) is 3.60. The zero-order valence-electron chi connectivity index (χ0n) is 17.1. The Kier molecular flexibility index (Phi) is 5.38. The summed E-state index contributed by atoms with van der Waals surface area (Å²) < 4.78 is 10.5. The number of likely N-dealkylation sites (tertiary alicyclic amines) is 1. The molecule has 8 nitrogen and oxygen atoms in total. The minimum atomic E-state index is -2.22. The summed E-state index contributed by atoms with van der Waals surface area (Å²) in [7, 11) is 0. The van der Waals surface area contributed by atoms with Gasteiger partial charge >= 0.3 is 12.1 Å². The van der Waals surface area contributed by atoms with Crippen molar-refractivity contribution in [3.63, 3.8) is 0 Å². The lowest BCUT2D eigenvalue weighted by molar-refractivity contribution is -0.170. The van der Waals surface area contributed by atoms with Gasteiger partial charge in [-0.05, 0) is 54.4 Å². The maximum atomic E-state index is 13.1. The third-order valence-corrected chi connectivity index (χ3v) is 4.08. The molecule has 1 saturated heterocycles. The Morgan fingerprint density at radius 1 is 1.00 bits per heavy atom. The highest BCUT2D eigenvalue weighted by Gasteiger charge is 2.71. The van der Waals surface area contributed by atoms with E-state index in [9.17, 15) is 19.2 Å². The fourth-order valence-electron chi connectivity index (χ4n) is 2.61. The second-order valence-corrected chi connectivity index (χ2v) is 9.06. The van der Waals surface area contributed by atoms with Crippen LogP contribution in [0.2, 0.25) is 0 Å². The van der Waals surface area contributed by atoms with Crippen molar-refractivity contribution >= 4 is 23.8 Å². The molecule has 0 aliphatic carbocycles. The summed E-state index contributed by atoms with van der Waals surface area (Å²) in [5, 5.41) is 0. The second kappa shape index (κ2) is 6.33.